The first-order chi connectivity index (χ1) is 5.66. The van der Waals surface area contributed by atoms with Gasteiger partial charge in [0.2, 0.25) is 0 Å². The van der Waals surface area contributed by atoms with Crippen LogP contribution in [0.2, 0.25) is 0 Å². The zero-order chi connectivity index (χ0) is 9.19. The van der Waals surface area contributed by atoms with Crippen LogP contribution in [0.3, 0.4) is 0 Å². The van der Waals surface area contributed by atoms with Crippen LogP contribution in [0.1, 0.15) is 12.8 Å². The molecule has 3 nitrogen and oxygen atoms in total. The van der Waals surface area contributed by atoms with Crippen LogP contribution in [0.15, 0.2) is 0 Å². The predicted octanol–water partition coefficient (Wildman–Crippen LogP) is 0.630. The van der Waals surface area contributed by atoms with Gasteiger partial charge in [0.25, 0.3) is 0 Å². The third kappa shape index (κ3) is 1.75. The maximum absolute atomic E-state index is 11.1. The van der Waals surface area contributed by atoms with Crippen LogP contribution in [-0.4, -0.2) is 31.1 Å². The van der Waals surface area contributed by atoms with Crippen LogP contribution in [-0.2, 0) is 9.53 Å². The molecule has 0 aromatic rings. The van der Waals surface area contributed by atoms with Crippen molar-refractivity contribution in [2.24, 2.45) is 11.1 Å². The number of esters is 1. The summed E-state index contributed by atoms with van der Waals surface area (Å²) >= 11 is 1.74. The van der Waals surface area contributed by atoms with Crippen LogP contribution in [0.5, 0.6) is 0 Å². The lowest BCUT2D eigenvalue weighted by Gasteiger charge is -2.19. The number of nitrogens with two attached hydrogens (primary N) is 1. The van der Waals surface area contributed by atoms with Crippen LogP contribution >= 0.6 is 11.8 Å². The van der Waals surface area contributed by atoms with E-state index in [0.717, 1.165) is 18.6 Å². The van der Waals surface area contributed by atoms with Gasteiger partial charge in [-0.2, -0.15) is 11.8 Å². The summed E-state index contributed by atoms with van der Waals surface area (Å²) in [6, 6.07) is -0.421. The second-order valence-corrected chi connectivity index (χ2v) is 4.16. The average molecular weight is 189 g/mol. The Labute approximate surface area is 77.0 Å². The Balaban J connectivity index is 2.50. The molecule has 0 bridgehead atoms. The second-order valence-electron chi connectivity index (χ2n) is 3.30. The first kappa shape index (κ1) is 9.86. The topological polar surface area (TPSA) is 52.3 Å². The molecule has 0 radical (unpaired) electrons. The molecule has 2 N–H and O–H groups in total. The molecule has 4 heteroatoms. The van der Waals surface area contributed by atoms with Gasteiger partial charge < -0.3 is 10.5 Å². The van der Waals surface area contributed by atoms with E-state index in [1.807, 2.05) is 6.26 Å². The maximum Gasteiger partial charge on any atom is 0.323 e. The number of carbonyl (C=O) groups is 1. The normalized spacial score (nSPS) is 21.6. The Hall–Kier alpha value is -0.220. The molecular formula is C8H15NO2S. The molecule has 1 fully saturated rings. The fourth-order valence-electron chi connectivity index (χ4n) is 1.37. The first-order valence-corrected chi connectivity index (χ1v) is 5.38. The van der Waals surface area contributed by atoms with Crippen LogP contribution < -0.4 is 5.73 Å². The van der Waals surface area contributed by atoms with E-state index in [9.17, 15) is 4.79 Å². The van der Waals surface area contributed by atoms with Gasteiger partial charge in [-0.15, -0.1) is 0 Å². The summed E-state index contributed by atoms with van der Waals surface area (Å²) in [6.07, 6.45) is 4.15. The van der Waals surface area contributed by atoms with E-state index in [4.69, 9.17) is 5.73 Å². The van der Waals surface area contributed by atoms with Crippen molar-refractivity contribution in [1.82, 2.24) is 0 Å². The summed E-state index contributed by atoms with van der Waals surface area (Å²) in [4.78, 5) is 11.1. The van der Waals surface area contributed by atoms with Crippen molar-refractivity contribution in [2.75, 3.05) is 19.1 Å². The highest BCUT2D eigenvalue weighted by Gasteiger charge is 2.50. The monoisotopic (exact) mass is 189 g/mol. The molecule has 0 aromatic carbocycles. The van der Waals surface area contributed by atoms with Crippen molar-refractivity contribution in [3.8, 4) is 0 Å². The van der Waals surface area contributed by atoms with Gasteiger partial charge in [0.1, 0.15) is 6.04 Å². The number of hydrogen-bond donors (Lipinski definition) is 1. The van der Waals surface area contributed by atoms with Crippen LogP contribution in [0.4, 0.5) is 0 Å². The molecule has 1 atom stereocenters. The van der Waals surface area contributed by atoms with Gasteiger partial charge in [0.05, 0.1) is 7.11 Å². The number of hydrogen-bond acceptors (Lipinski definition) is 4. The summed E-state index contributed by atoms with van der Waals surface area (Å²) < 4.78 is 4.61. The van der Waals surface area contributed by atoms with Crippen LogP contribution in [0.25, 0.3) is 0 Å². The number of carbonyl (C=O) groups excluding carboxylic acids is 1. The minimum absolute atomic E-state index is 0.0481. The molecule has 0 aliphatic heterocycles. The van der Waals surface area contributed by atoms with Gasteiger partial charge in [-0.05, 0) is 19.1 Å². The standard InChI is InChI=1S/C8H15NO2S/c1-11-7(10)6(9)8(3-4-8)5-12-2/h6H,3-5,9H2,1-2H3. The van der Waals surface area contributed by atoms with E-state index in [1.54, 1.807) is 11.8 Å². The SMILES string of the molecule is COC(=O)C(N)C1(CSC)CC1. The smallest absolute Gasteiger partial charge is 0.323 e. The van der Waals surface area contributed by atoms with E-state index in [2.05, 4.69) is 4.74 Å². The average Bonchev–Trinajstić information content (AvgIpc) is 2.84. The summed E-state index contributed by atoms with van der Waals surface area (Å²) in [5.74, 6) is 0.685. The first-order valence-electron chi connectivity index (χ1n) is 3.98. The minimum Gasteiger partial charge on any atom is -0.468 e. The molecule has 12 heavy (non-hydrogen) atoms. The largest absolute Gasteiger partial charge is 0.468 e. The summed E-state index contributed by atoms with van der Waals surface area (Å²) in [5.41, 5.74) is 5.81. The molecule has 0 saturated heterocycles. The predicted molar refractivity (Wildman–Crippen MR) is 50.0 cm³/mol. The highest BCUT2D eigenvalue weighted by Crippen LogP contribution is 2.50. The van der Waals surface area contributed by atoms with E-state index >= 15 is 0 Å². The van der Waals surface area contributed by atoms with Crippen molar-refractivity contribution in [3.63, 3.8) is 0 Å². The zero-order valence-corrected chi connectivity index (χ0v) is 8.32. The Morgan fingerprint density at radius 1 is 1.75 bits per heavy atom. The van der Waals surface area contributed by atoms with E-state index in [1.165, 1.54) is 7.11 Å². The Morgan fingerprint density at radius 3 is 2.67 bits per heavy atom. The summed E-state index contributed by atoms with van der Waals surface area (Å²) in [6.45, 7) is 0. The fourth-order valence-corrected chi connectivity index (χ4v) is 2.41. The number of ether oxygens (including phenoxy) is 1. The second kappa shape index (κ2) is 3.66. The Morgan fingerprint density at radius 2 is 2.33 bits per heavy atom. The quantitative estimate of drug-likeness (QED) is 0.659. The zero-order valence-electron chi connectivity index (χ0n) is 7.50. The molecule has 0 spiro atoms. The molecule has 70 valence electrons. The molecule has 1 saturated carbocycles. The molecule has 0 amide bonds. The molecule has 1 unspecified atom stereocenters. The van der Waals surface area contributed by atoms with E-state index in [-0.39, 0.29) is 11.4 Å². The van der Waals surface area contributed by atoms with E-state index < -0.39 is 6.04 Å². The van der Waals surface area contributed by atoms with Crippen molar-refractivity contribution < 1.29 is 9.53 Å². The fraction of sp³-hybridized carbons (Fsp3) is 0.875. The molecule has 1 rings (SSSR count). The Kier molecular flexibility index (Phi) is 3.01. The minimum atomic E-state index is -0.421. The van der Waals surface area contributed by atoms with Gasteiger partial charge in [0, 0.05) is 11.2 Å². The molecule has 0 heterocycles. The lowest BCUT2D eigenvalue weighted by atomic mass is 10.00. The maximum atomic E-state index is 11.1. The van der Waals surface area contributed by atoms with Crippen LogP contribution in [0, 0.1) is 5.41 Å². The lowest BCUT2D eigenvalue weighted by molar-refractivity contribution is -0.143. The van der Waals surface area contributed by atoms with Crippen molar-refractivity contribution in [2.45, 2.75) is 18.9 Å². The van der Waals surface area contributed by atoms with Crippen molar-refractivity contribution >= 4 is 17.7 Å². The highest BCUT2D eigenvalue weighted by molar-refractivity contribution is 7.98. The molecular weight excluding hydrogens is 174 g/mol. The van der Waals surface area contributed by atoms with Gasteiger partial charge in [-0.25, -0.2) is 0 Å². The number of methoxy groups -OCH3 is 1. The summed E-state index contributed by atoms with van der Waals surface area (Å²) in [5, 5.41) is 0. The van der Waals surface area contributed by atoms with Gasteiger partial charge in [-0.1, -0.05) is 0 Å². The van der Waals surface area contributed by atoms with Gasteiger partial charge >= 0.3 is 5.97 Å². The Bertz CT molecular complexity index is 180. The molecule has 0 aromatic heterocycles. The van der Waals surface area contributed by atoms with Crippen molar-refractivity contribution in [1.29, 1.82) is 0 Å². The summed E-state index contributed by atoms with van der Waals surface area (Å²) in [7, 11) is 1.39. The third-order valence-corrected chi connectivity index (χ3v) is 3.30. The molecule has 1 aliphatic carbocycles. The van der Waals surface area contributed by atoms with Crippen molar-refractivity contribution in [3.05, 3.63) is 0 Å². The number of thioether (sulfide) groups is 1. The lowest BCUT2D eigenvalue weighted by Crippen LogP contribution is -2.41. The van der Waals surface area contributed by atoms with Gasteiger partial charge in [-0.3, -0.25) is 4.79 Å². The highest BCUT2D eigenvalue weighted by atomic mass is 32.2. The van der Waals surface area contributed by atoms with E-state index in [0.29, 0.717) is 0 Å². The molecule has 1 aliphatic rings. The third-order valence-electron chi connectivity index (χ3n) is 2.44. The number of rotatable bonds is 4. The van der Waals surface area contributed by atoms with Gasteiger partial charge in [0.15, 0.2) is 0 Å².